The standard InChI is InChI=1S/C90H165O25P/c1-5-9-13-17-21-25-29-33-35-37-40-43-47-51-55-59-63-74(93)107-69-72-78(97)80(99)84(103)90(111-72)114-87-85(112-76(95)65-61-57-53-49-45-41-36-34-30-26-22-18-14-10-6-2)81(100)82(101)86(113-89-83(102)79(98)77(96)71(66-91)110-89)88(87)115-116(104,105)108-68-70(109-75(94)64-60-56-52-48-44-39-32-28-24-20-16-12-8-4)67-106-73(92)62-58-54-50-46-42-38-31-27-23-19-15-11-7-3/h26,30,39,44,70-72,77-91,96-103H,5-25,27-29,31-38,40-43,45-69H2,1-4H3,(H,104,105)/b30-26-,44-39-. The molecule has 2 heterocycles. The first-order chi connectivity index (χ1) is 56.2. The van der Waals surface area contributed by atoms with Crippen molar-refractivity contribution in [1.82, 2.24) is 0 Å². The van der Waals surface area contributed by atoms with E-state index in [1.54, 1.807) is 0 Å². The number of carbonyl (C=O) groups is 4. The van der Waals surface area contributed by atoms with Gasteiger partial charge in [0.2, 0.25) is 0 Å². The molecule has 1 saturated carbocycles. The molecule has 0 aromatic rings. The number of ether oxygens (including phenoxy) is 8. The summed E-state index contributed by atoms with van der Waals surface area (Å²) in [5, 5.41) is 102. The van der Waals surface area contributed by atoms with Gasteiger partial charge in [-0.05, 0) is 77.0 Å². The van der Waals surface area contributed by atoms with Crippen LogP contribution in [0.4, 0.5) is 0 Å². The Balaban J connectivity index is 1.92. The Bertz CT molecular complexity index is 2510. The van der Waals surface area contributed by atoms with Gasteiger partial charge in [0.25, 0.3) is 0 Å². The highest BCUT2D eigenvalue weighted by Gasteiger charge is 2.60. The van der Waals surface area contributed by atoms with Gasteiger partial charge in [0, 0.05) is 25.7 Å². The molecule has 18 unspecified atom stereocenters. The van der Waals surface area contributed by atoms with Crippen LogP contribution in [0, 0.1) is 0 Å². The lowest BCUT2D eigenvalue weighted by molar-refractivity contribution is -0.360. The zero-order valence-electron chi connectivity index (χ0n) is 72.3. The van der Waals surface area contributed by atoms with Crippen LogP contribution in [0.25, 0.3) is 0 Å². The number of aliphatic hydroxyl groups excluding tert-OH is 9. The summed E-state index contributed by atoms with van der Waals surface area (Å²) in [5.41, 5.74) is 0. The van der Waals surface area contributed by atoms with Gasteiger partial charge < -0.3 is 88.7 Å². The molecule has 26 heteroatoms. The van der Waals surface area contributed by atoms with Crippen LogP contribution < -0.4 is 0 Å². The predicted octanol–water partition coefficient (Wildman–Crippen LogP) is 16.9. The molecule has 3 fully saturated rings. The number of aliphatic hydroxyl groups is 9. The zero-order valence-corrected chi connectivity index (χ0v) is 73.2. The molecule has 0 aromatic heterocycles. The van der Waals surface area contributed by atoms with Crippen LogP contribution in [0.5, 0.6) is 0 Å². The molecule has 0 bridgehead atoms. The van der Waals surface area contributed by atoms with Crippen molar-refractivity contribution in [2.75, 3.05) is 26.4 Å². The van der Waals surface area contributed by atoms with Crippen molar-refractivity contribution in [2.24, 2.45) is 0 Å². The quantitative estimate of drug-likeness (QED) is 0.00889. The van der Waals surface area contributed by atoms with Crippen molar-refractivity contribution >= 4 is 31.7 Å². The van der Waals surface area contributed by atoms with E-state index in [9.17, 15) is 74.6 Å². The lowest BCUT2D eigenvalue weighted by Crippen LogP contribution is -2.70. The van der Waals surface area contributed by atoms with Gasteiger partial charge in [-0.1, -0.05) is 315 Å². The van der Waals surface area contributed by atoms with E-state index >= 15 is 0 Å². The molecular formula is C90H165O25P. The van der Waals surface area contributed by atoms with Crippen molar-refractivity contribution in [3.63, 3.8) is 0 Å². The number of unbranched alkanes of at least 4 members (excludes halogenated alkanes) is 47. The van der Waals surface area contributed by atoms with Crippen molar-refractivity contribution in [3.05, 3.63) is 24.3 Å². The van der Waals surface area contributed by atoms with E-state index in [2.05, 4.69) is 52.0 Å². The molecular weight excluding hydrogens is 1510 g/mol. The Labute approximate surface area is 698 Å². The van der Waals surface area contributed by atoms with E-state index in [0.717, 1.165) is 135 Å². The molecule has 2 aliphatic heterocycles. The molecule has 0 amide bonds. The molecule has 10 N–H and O–H groups in total. The summed E-state index contributed by atoms with van der Waals surface area (Å²) in [4.78, 5) is 66.4. The third-order valence-electron chi connectivity index (χ3n) is 22.7. The SMILES string of the molecule is CCCCCC/C=C\CCCCCCCCCC(=O)OC1C(O)C(O)C(OC2OC(CO)C(O)C(O)C2O)C(OP(=O)(O)OCC(COC(=O)CCCCCCCCCCCCCCC)OC(=O)CCCCC/C=C\CCCCCCCC)C1OC1OC(COC(=O)CCCCCCCCCCCCCCCCCC)C(O)C(O)C1O. The number of phosphoric ester groups is 1. The van der Waals surface area contributed by atoms with Crippen LogP contribution in [-0.2, 0) is 70.7 Å². The first-order valence-electron chi connectivity index (χ1n) is 46.6. The molecule has 680 valence electrons. The molecule has 2 saturated heterocycles. The molecule has 3 rings (SSSR count). The Morgan fingerprint density at radius 2 is 0.647 bits per heavy atom. The molecule has 0 aromatic carbocycles. The van der Waals surface area contributed by atoms with Crippen LogP contribution in [-0.4, -0.2) is 205 Å². The summed E-state index contributed by atoms with van der Waals surface area (Å²) >= 11 is 0. The maximum Gasteiger partial charge on any atom is 0.472 e. The Kier molecular flexibility index (Phi) is 64.1. The predicted molar refractivity (Wildman–Crippen MR) is 449 cm³/mol. The maximum absolute atomic E-state index is 14.9. The molecule has 3 aliphatic rings. The van der Waals surface area contributed by atoms with Gasteiger partial charge in [0.1, 0.15) is 92.6 Å². The minimum atomic E-state index is -5.81. The molecule has 0 radical (unpaired) electrons. The van der Waals surface area contributed by atoms with Crippen molar-refractivity contribution in [3.8, 4) is 0 Å². The number of allylic oxidation sites excluding steroid dienone is 4. The molecule has 0 spiro atoms. The van der Waals surface area contributed by atoms with Crippen LogP contribution in [0.2, 0.25) is 0 Å². The number of hydrogen-bond donors (Lipinski definition) is 10. The highest BCUT2D eigenvalue weighted by atomic mass is 31.2. The maximum atomic E-state index is 14.9. The second-order valence-electron chi connectivity index (χ2n) is 33.2. The third-order valence-corrected chi connectivity index (χ3v) is 23.7. The molecule has 25 nitrogen and oxygen atoms in total. The summed E-state index contributed by atoms with van der Waals surface area (Å²) in [5.74, 6) is -2.98. The van der Waals surface area contributed by atoms with Gasteiger partial charge >= 0.3 is 31.7 Å². The zero-order chi connectivity index (χ0) is 84.7. The van der Waals surface area contributed by atoms with Crippen molar-refractivity contribution in [1.29, 1.82) is 0 Å². The van der Waals surface area contributed by atoms with Gasteiger partial charge in [0.15, 0.2) is 24.8 Å². The first kappa shape index (κ1) is 107. The first-order valence-corrected chi connectivity index (χ1v) is 48.1. The fourth-order valence-electron chi connectivity index (χ4n) is 15.2. The largest absolute Gasteiger partial charge is 0.472 e. The van der Waals surface area contributed by atoms with Gasteiger partial charge in [-0.3, -0.25) is 28.2 Å². The van der Waals surface area contributed by atoms with E-state index < -0.39 is 162 Å². The summed E-state index contributed by atoms with van der Waals surface area (Å²) < 4.78 is 73.3. The Morgan fingerprint density at radius 1 is 0.336 bits per heavy atom. The summed E-state index contributed by atoms with van der Waals surface area (Å²) in [6.07, 6.45) is 28.9. The average Bonchev–Trinajstić information content (AvgIpc) is 0.754. The second kappa shape index (κ2) is 69.4. The third kappa shape index (κ3) is 49.3. The van der Waals surface area contributed by atoms with Gasteiger partial charge in [-0.25, -0.2) is 4.57 Å². The van der Waals surface area contributed by atoms with Crippen LogP contribution >= 0.6 is 7.82 Å². The van der Waals surface area contributed by atoms with Gasteiger partial charge in [-0.15, -0.1) is 0 Å². The van der Waals surface area contributed by atoms with Crippen LogP contribution in [0.15, 0.2) is 24.3 Å². The molecule has 1 aliphatic carbocycles. The van der Waals surface area contributed by atoms with Crippen molar-refractivity contribution in [2.45, 2.75) is 498 Å². The second-order valence-corrected chi connectivity index (χ2v) is 34.6. The lowest BCUT2D eigenvalue weighted by Gasteiger charge is -2.50. The summed E-state index contributed by atoms with van der Waals surface area (Å²) in [6.45, 7) is 5.56. The highest BCUT2D eigenvalue weighted by molar-refractivity contribution is 7.47. The van der Waals surface area contributed by atoms with Crippen molar-refractivity contribution < 1.29 is 122 Å². The van der Waals surface area contributed by atoms with E-state index in [1.807, 2.05) is 0 Å². The summed E-state index contributed by atoms with van der Waals surface area (Å²) in [7, 11) is -5.81. The fourth-order valence-corrected chi connectivity index (χ4v) is 16.2. The minimum absolute atomic E-state index is 0.0167. The number of carbonyl (C=O) groups excluding carboxylic acids is 4. The minimum Gasteiger partial charge on any atom is -0.463 e. The smallest absolute Gasteiger partial charge is 0.463 e. The highest BCUT2D eigenvalue weighted by Crippen LogP contribution is 2.49. The Hall–Kier alpha value is -3.05. The molecule has 116 heavy (non-hydrogen) atoms. The number of hydrogen-bond acceptors (Lipinski definition) is 24. The lowest BCUT2D eigenvalue weighted by atomic mass is 9.84. The summed E-state index contributed by atoms with van der Waals surface area (Å²) in [6, 6.07) is 0. The number of esters is 4. The van der Waals surface area contributed by atoms with Crippen LogP contribution in [0.1, 0.15) is 394 Å². The fraction of sp³-hybridized carbons (Fsp3) is 0.911. The Morgan fingerprint density at radius 3 is 1.04 bits per heavy atom. The number of phosphoric acid groups is 1. The molecule has 18 atom stereocenters. The van der Waals surface area contributed by atoms with E-state index in [4.69, 9.17) is 46.9 Å². The van der Waals surface area contributed by atoms with E-state index in [0.29, 0.717) is 38.5 Å². The average molecular weight is 1680 g/mol. The normalized spacial score (nSPS) is 25.2. The van der Waals surface area contributed by atoms with Gasteiger partial charge in [-0.2, -0.15) is 0 Å². The topological polar surface area (TPSA) is 380 Å². The van der Waals surface area contributed by atoms with E-state index in [1.165, 1.54) is 167 Å². The number of rotatable bonds is 75. The van der Waals surface area contributed by atoms with E-state index in [-0.39, 0.29) is 25.7 Å². The monoisotopic (exact) mass is 1680 g/mol. The van der Waals surface area contributed by atoms with Gasteiger partial charge in [0.05, 0.1) is 13.2 Å². The van der Waals surface area contributed by atoms with Crippen LogP contribution in [0.3, 0.4) is 0 Å².